The van der Waals surface area contributed by atoms with E-state index in [0.717, 1.165) is 30.3 Å². The molecular weight excluding hydrogens is 344 g/mol. The molecule has 5 nitrogen and oxygen atoms in total. The van der Waals surface area contributed by atoms with Gasteiger partial charge in [-0.3, -0.25) is 4.79 Å². The van der Waals surface area contributed by atoms with E-state index in [1.54, 1.807) is 0 Å². The molecule has 0 saturated carbocycles. The van der Waals surface area contributed by atoms with Gasteiger partial charge in [0, 0.05) is 37.7 Å². The van der Waals surface area contributed by atoms with E-state index >= 15 is 0 Å². The zero-order valence-electron chi connectivity index (χ0n) is 15.2. The number of carbonyl (C=O) groups is 1. The summed E-state index contributed by atoms with van der Waals surface area (Å²) in [6.45, 7) is 6.54. The summed E-state index contributed by atoms with van der Waals surface area (Å²) in [6, 6.07) is 14.3. The number of para-hydroxylation sites is 1. The normalized spacial score (nSPS) is 10.7. The summed E-state index contributed by atoms with van der Waals surface area (Å²) in [5, 5.41) is 3.84. The van der Waals surface area contributed by atoms with Crippen molar-refractivity contribution in [3.05, 3.63) is 65.4 Å². The number of thiazole rings is 1. The lowest BCUT2D eigenvalue weighted by molar-refractivity contribution is 0.0956. The molecule has 1 amide bonds. The number of hydrogen-bond acceptors (Lipinski definition) is 4. The minimum Gasteiger partial charge on any atom is -0.372 e. The Kier molecular flexibility index (Phi) is 6.07. The Balaban J connectivity index is 1.51. The van der Waals surface area contributed by atoms with Crippen molar-refractivity contribution in [3.63, 3.8) is 0 Å². The highest BCUT2D eigenvalue weighted by molar-refractivity contribution is 7.16. The first-order chi connectivity index (χ1) is 12.7. The van der Waals surface area contributed by atoms with Crippen LogP contribution in [0.3, 0.4) is 0 Å². The molecule has 0 atom stereocenters. The van der Waals surface area contributed by atoms with Crippen LogP contribution in [-0.2, 0) is 0 Å². The summed E-state index contributed by atoms with van der Waals surface area (Å²) in [6.07, 6.45) is 4.77. The molecule has 0 fully saturated rings. The van der Waals surface area contributed by atoms with Gasteiger partial charge in [-0.05, 0) is 44.5 Å². The molecule has 0 bridgehead atoms. The first kappa shape index (κ1) is 18.2. The number of aryl methyl sites for hydroxylation is 1. The number of nitrogens with one attached hydrogen (secondary N) is 1. The van der Waals surface area contributed by atoms with Crippen LogP contribution < -0.4 is 10.2 Å². The Morgan fingerprint density at radius 1 is 1.19 bits per heavy atom. The lowest BCUT2D eigenvalue weighted by atomic mass is 10.2. The highest BCUT2D eigenvalue weighted by atomic mass is 32.1. The topological polar surface area (TPSA) is 50.2 Å². The number of aromatic nitrogens is 2. The Morgan fingerprint density at radius 3 is 2.62 bits per heavy atom. The molecule has 0 spiro atoms. The lowest BCUT2D eigenvalue weighted by Crippen LogP contribution is -2.29. The van der Waals surface area contributed by atoms with E-state index in [9.17, 15) is 4.79 Å². The van der Waals surface area contributed by atoms with Gasteiger partial charge in [0.1, 0.15) is 4.88 Å². The summed E-state index contributed by atoms with van der Waals surface area (Å²) in [4.78, 5) is 20.0. The van der Waals surface area contributed by atoms with Gasteiger partial charge < -0.3 is 14.8 Å². The lowest BCUT2D eigenvalue weighted by Gasteiger charge is -2.23. The zero-order valence-corrected chi connectivity index (χ0v) is 16.0. The van der Waals surface area contributed by atoms with E-state index in [0.29, 0.717) is 11.4 Å². The Labute approximate surface area is 158 Å². The number of anilines is 1. The molecule has 1 aromatic carbocycles. The summed E-state index contributed by atoms with van der Waals surface area (Å²) >= 11 is 1.42. The van der Waals surface area contributed by atoms with Gasteiger partial charge >= 0.3 is 0 Å². The number of nitrogens with zero attached hydrogens (tertiary/aromatic N) is 3. The van der Waals surface area contributed by atoms with Crippen molar-refractivity contribution < 1.29 is 4.79 Å². The average Bonchev–Trinajstić information content (AvgIpc) is 3.32. The molecule has 136 valence electrons. The maximum atomic E-state index is 12.5. The highest BCUT2D eigenvalue weighted by Gasteiger charge is 2.15. The predicted octanol–water partition coefficient (Wildman–Crippen LogP) is 3.89. The number of benzene rings is 1. The van der Waals surface area contributed by atoms with Crippen LogP contribution in [0, 0.1) is 6.92 Å². The van der Waals surface area contributed by atoms with Crippen molar-refractivity contribution >= 4 is 22.9 Å². The fraction of sp³-hybridized carbons (Fsp3) is 0.300. The molecule has 0 unspecified atom stereocenters. The van der Waals surface area contributed by atoms with Gasteiger partial charge in [0.2, 0.25) is 0 Å². The largest absolute Gasteiger partial charge is 0.372 e. The SMILES string of the molecule is CCN(CCCNC(=O)c1sc(-n2cccc2)nc1C)c1ccccc1. The van der Waals surface area contributed by atoms with Crippen LogP contribution in [0.15, 0.2) is 54.9 Å². The van der Waals surface area contributed by atoms with Gasteiger partial charge in [-0.1, -0.05) is 29.5 Å². The van der Waals surface area contributed by atoms with Crippen molar-refractivity contribution in [2.75, 3.05) is 24.5 Å². The smallest absolute Gasteiger partial charge is 0.263 e. The zero-order chi connectivity index (χ0) is 18.4. The van der Waals surface area contributed by atoms with E-state index < -0.39 is 0 Å². The standard InChI is InChI=1S/C20H24N4OS/c1-3-23(17-10-5-4-6-11-17)15-9-12-21-19(25)18-16(2)22-20(26-18)24-13-7-8-14-24/h4-8,10-11,13-14H,3,9,12,15H2,1-2H3,(H,21,25). The quantitative estimate of drug-likeness (QED) is 0.614. The average molecular weight is 369 g/mol. The third kappa shape index (κ3) is 4.32. The van der Waals surface area contributed by atoms with Crippen molar-refractivity contribution in [2.24, 2.45) is 0 Å². The van der Waals surface area contributed by atoms with E-state index in [-0.39, 0.29) is 5.91 Å². The maximum absolute atomic E-state index is 12.5. The summed E-state index contributed by atoms with van der Waals surface area (Å²) in [5.41, 5.74) is 1.99. The van der Waals surface area contributed by atoms with Gasteiger partial charge in [0.05, 0.1) is 5.69 Å². The molecule has 3 rings (SSSR count). The van der Waals surface area contributed by atoms with Crippen LogP contribution in [0.25, 0.3) is 5.13 Å². The van der Waals surface area contributed by atoms with Gasteiger partial charge in [-0.15, -0.1) is 0 Å². The summed E-state index contributed by atoms with van der Waals surface area (Å²) in [5.74, 6) is -0.0406. The van der Waals surface area contributed by atoms with Crippen LogP contribution >= 0.6 is 11.3 Å². The van der Waals surface area contributed by atoms with Gasteiger partial charge in [-0.25, -0.2) is 4.98 Å². The molecule has 0 radical (unpaired) electrons. The molecule has 2 heterocycles. The van der Waals surface area contributed by atoms with Gasteiger partial charge in [-0.2, -0.15) is 0 Å². The number of hydrogen-bond donors (Lipinski definition) is 1. The second-order valence-corrected chi connectivity index (χ2v) is 7.00. The molecule has 26 heavy (non-hydrogen) atoms. The fourth-order valence-electron chi connectivity index (χ4n) is 2.83. The first-order valence-corrected chi connectivity index (χ1v) is 9.69. The minimum atomic E-state index is -0.0406. The van der Waals surface area contributed by atoms with Crippen LogP contribution in [-0.4, -0.2) is 35.1 Å². The van der Waals surface area contributed by atoms with Crippen molar-refractivity contribution in [2.45, 2.75) is 20.3 Å². The molecule has 6 heteroatoms. The van der Waals surface area contributed by atoms with Gasteiger partial charge in [0.15, 0.2) is 5.13 Å². The molecular formula is C20H24N4OS. The van der Waals surface area contributed by atoms with E-state index in [1.165, 1.54) is 17.0 Å². The predicted molar refractivity (Wildman–Crippen MR) is 107 cm³/mol. The Hall–Kier alpha value is -2.60. The molecule has 3 aromatic rings. The second kappa shape index (κ2) is 8.67. The number of amides is 1. The second-order valence-electron chi connectivity index (χ2n) is 6.03. The van der Waals surface area contributed by atoms with Crippen molar-refractivity contribution in [3.8, 4) is 5.13 Å². The maximum Gasteiger partial charge on any atom is 0.263 e. The third-order valence-corrected chi connectivity index (χ3v) is 5.38. The molecule has 1 N–H and O–H groups in total. The number of rotatable bonds is 8. The van der Waals surface area contributed by atoms with Crippen LogP contribution in [0.2, 0.25) is 0 Å². The Bertz CT molecular complexity index is 827. The monoisotopic (exact) mass is 368 g/mol. The molecule has 0 saturated heterocycles. The minimum absolute atomic E-state index is 0.0406. The number of carbonyl (C=O) groups excluding carboxylic acids is 1. The highest BCUT2D eigenvalue weighted by Crippen LogP contribution is 2.21. The summed E-state index contributed by atoms with van der Waals surface area (Å²) in [7, 11) is 0. The van der Waals surface area contributed by atoms with E-state index in [4.69, 9.17) is 0 Å². The first-order valence-electron chi connectivity index (χ1n) is 8.88. The molecule has 0 aliphatic rings. The Morgan fingerprint density at radius 2 is 1.92 bits per heavy atom. The molecule has 0 aliphatic carbocycles. The van der Waals surface area contributed by atoms with Crippen LogP contribution in [0.1, 0.15) is 28.7 Å². The van der Waals surface area contributed by atoms with Crippen molar-refractivity contribution in [1.82, 2.24) is 14.9 Å². The van der Waals surface area contributed by atoms with Crippen molar-refractivity contribution in [1.29, 1.82) is 0 Å². The van der Waals surface area contributed by atoms with Crippen LogP contribution in [0.5, 0.6) is 0 Å². The van der Waals surface area contributed by atoms with E-state index in [1.807, 2.05) is 42.1 Å². The molecule has 2 aromatic heterocycles. The molecule has 0 aliphatic heterocycles. The fourth-order valence-corrected chi connectivity index (χ4v) is 3.78. The van der Waals surface area contributed by atoms with Crippen LogP contribution in [0.4, 0.5) is 5.69 Å². The van der Waals surface area contributed by atoms with E-state index in [2.05, 4.69) is 46.4 Å². The van der Waals surface area contributed by atoms with Gasteiger partial charge in [0.25, 0.3) is 5.91 Å². The summed E-state index contributed by atoms with van der Waals surface area (Å²) < 4.78 is 1.92. The third-order valence-electron chi connectivity index (χ3n) is 4.21.